The van der Waals surface area contributed by atoms with Gasteiger partial charge in [0.1, 0.15) is 6.54 Å². The monoisotopic (exact) mass is 309 g/mol. The molecule has 0 spiro atoms. The van der Waals surface area contributed by atoms with E-state index in [4.69, 9.17) is 5.11 Å². The quantitative estimate of drug-likeness (QED) is 0.659. The van der Waals surface area contributed by atoms with E-state index in [-0.39, 0.29) is 24.1 Å². The van der Waals surface area contributed by atoms with Crippen molar-refractivity contribution < 1.29 is 14.7 Å². The van der Waals surface area contributed by atoms with Gasteiger partial charge in [0.25, 0.3) is 5.56 Å². The molecule has 2 aromatic heterocycles. The third kappa shape index (κ3) is 2.75. The van der Waals surface area contributed by atoms with Crippen LogP contribution in [0, 0.1) is 0 Å². The molecule has 10 nitrogen and oxygen atoms in total. The zero-order chi connectivity index (χ0) is 16.4. The van der Waals surface area contributed by atoms with Gasteiger partial charge in [-0.3, -0.25) is 19.0 Å². The maximum absolute atomic E-state index is 12.3. The van der Waals surface area contributed by atoms with Crippen molar-refractivity contribution in [3.63, 3.8) is 0 Å². The first-order valence-corrected chi connectivity index (χ1v) is 6.42. The van der Waals surface area contributed by atoms with Gasteiger partial charge in [-0.15, -0.1) is 0 Å². The Morgan fingerprint density at radius 3 is 2.64 bits per heavy atom. The van der Waals surface area contributed by atoms with Gasteiger partial charge in [-0.1, -0.05) is 0 Å². The van der Waals surface area contributed by atoms with Gasteiger partial charge in [0.05, 0.1) is 12.7 Å². The van der Waals surface area contributed by atoms with Crippen molar-refractivity contribution in [3.05, 3.63) is 27.2 Å². The Morgan fingerprint density at radius 2 is 2.00 bits per heavy atom. The zero-order valence-corrected chi connectivity index (χ0v) is 12.1. The van der Waals surface area contributed by atoms with Gasteiger partial charge in [-0.05, 0) is 0 Å². The standard InChI is InChI=1S/C12H15N5O5/c1-15-6-14-10-9(15)11(21)17(12(22)16(10)2)5-7(18)13-4-3-8(19)20/h6H,3-5H2,1-2H3,(H,13,18)(H,19,20). The fourth-order valence-corrected chi connectivity index (χ4v) is 2.04. The Hall–Kier alpha value is -2.91. The fourth-order valence-electron chi connectivity index (χ4n) is 2.04. The molecule has 0 saturated carbocycles. The van der Waals surface area contributed by atoms with Crippen LogP contribution in [0.15, 0.2) is 15.9 Å². The average Bonchev–Trinajstić information content (AvgIpc) is 2.83. The number of carbonyl (C=O) groups is 2. The summed E-state index contributed by atoms with van der Waals surface area (Å²) in [6.45, 7) is -0.552. The molecule has 0 bridgehead atoms. The van der Waals surface area contributed by atoms with E-state index < -0.39 is 29.7 Å². The van der Waals surface area contributed by atoms with Crippen molar-refractivity contribution >= 4 is 23.0 Å². The number of hydrogen-bond donors (Lipinski definition) is 2. The molecule has 0 atom stereocenters. The van der Waals surface area contributed by atoms with Crippen LogP contribution < -0.4 is 16.6 Å². The maximum Gasteiger partial charge on any atom is 0.332 e. The lowest BCUT2D eigenvalue weighted by molar-refractivity contribution is -0.136. The first kappa shape index (κ1) is 15.5. The molecular weight excluding hydrogens is 294 g/mol. The van der Waals surface area contributed by atoms with Gasteiger partial charge in [0.2, 0.25) is 5.91 Å². The molecule has 0 aliphatic heterocycles. The van der Waals surface area contributed by atoms with E-state index >= 15 is 0 Å². The largest absolute Gasteiger partial charge is 0.481 e. The number of carboxylic acids is 1. The normalized spacial score (nSPS) is 10.8. The van der Waals surface area contributed by atoms with Crippen molar-refractivity contribution in [1.29, 1.82) is 0 Å². The number of fused-ring (bicyclic) bond motifs is 1. The van der Waals surface area contributed by atoms with Crippen LogP contribution in [0.1, 0.15) is 6.42 Å². The molecule has 2 aromatic rings. The number of carboxylic acid groups (broad SMARTS) is 1. The molecule has 118 valence electrons. The van der Waals surface area contributed by atoms with Gasteiger partial charge in [-0.2, -0.15) is 0 Å². The van der Waals surface area contributed by atoms with Gasteiger partial charge < -0.3 is 15.0 Å². The number of imidazole rings is 1. The number of nitrogens with zero attached hydrogens (tertiary/aromatic N) is 4. The van der Waals surface area contributed by atoms with Crippen LogP contribution in [0.5, 0.6) is 0 Å². The van der Waals surface area contributed by atoms with Crippen LogP contribution in [0.25, 0.3) is 11.2 Å². The van der Waals surface area contributed by atoms with E-state index in [2.05, 4.69) is 10.3 Å². The topological polar surface area (TPSA) is 128 Å². The van der Waals surface area contributed by atoms with E-state index in [1.54, 1.807) is 7.05 Å². The lowest BCUT2D eigenvalue weighted by Crippen LogP contribution is -2.43. The predicted molar refractivity (Wildman–Crippen MR) is 75.5 cm³/mol. The summed E-state index contributed by atoms with van der Waals surface area (Å²) in [4.78, 5) is 50.5. The molecule has 0 saturated heterocycles. The van der Waals surface area contributed by atoms with Crippen LogP contribution in [-0.2, 0) is 30.2 Å². The summed E-state index contributed by atoms with van der Waals surface area (Å²) in [6.07, 6.45) is 1.17. The van der Waals surface area contributed by atoms with E-state index in [0.717, 1.165) is 4.57 Å². The number of hydrogen-bond acceptors (Lipinski definition) is 5. The van der Waals surface area contributed by atoms with Crippen LogP contribution in [-0.4, -0.2) is 42.2 Å². The van der Waals surface area contributed by atoms with Crippen LogP contribution in [0.3, 0.4) is 0 Å². The summed E-state index contributed by atoms with van der Waals surface area (Å²) >= 11 is 0. The van der Waals surface area contributed by atoms with E-state index in [9.17, 15) is 19.2 Å². The SMILES string of the molecule is Cn1cnc2c1c(=O)n(CC(=O)NCCC(=O)O)c(=O)n2C. The number of aromatic nitrogens is 4. The molecular formula is C12H15N5O5. The summed E-state index contributed by atoms with van der Waals surface area (Å²) in [5.74, 6) is -1.66. The highest BCUT2D eigenvalue weighted by molar-refractivity contribution is 5.77. The third-order valence-corrected chi connectivity index (χ3v) is 3.16. The molecule has 0 aliphatic carbocycles. The Bertz CT molecular complexity index is 859. The number of aliphatic carboxylic acids is 1. The molecule has 2 N–H and O–H groups in total. The second-order valence-corrected chi connectivity index (χ2v) is 4.75. The molecule has 0 fully saturated rings. The minimum absolute atomic E-state index is 0.0722. The first-order valence-electron chi connectivity index (χ1n) is 6.42. The van der Waals surface area contributed by atoms with Gasteiger partial charge in [-0.25, -0.2) is 14.3 Å². The predicted octanol–water partition coefficient (Wildman–Crippen LogP) is -1.98. The van der Waals surface area contributed by atoms with Crippen molar-refractivity contribution in [2.75, 3.05) is 6.54 Å². The number of amides is 1. The van der Waals surface area contributed by atoms with E-state index in [1.807, 2.05) is 0 Å². The molecule has 2 heterocycles. The number of carbonyl (C=O) groups excluding carboxylic acids is 1. The van der Waals surface area contributed by atoms with Gasteiger partial charge in [0.15, 0.2) is 11.2 Å². The number of nitrogens with one attached hydrogen (secondary N) is 1. The summed E-state index contributed by atoms with van der Waals surface area (Å²) in [5.41, 5.74) is -0.837. The molecule has 0 unspecified atom stereocenters. The van der Waals surface area contributed by atoms with E-state index in [0.29, 0.717) is 0 Å². The Morgan fingerprint density at radius 1 is 1.32 bits per heavy atom. The summed E-state index contributed by atoms with van der Waals surface area (Å²) in [5, 5.41) is 10.8. The van der Waals surface area contributed by atoms with Gasteiger partial charge >= 0.3 is 11.7 Å². The summed E-state index contributed by atoms with van der Waals surface area (Å²) < 4.78 is 3.44. The highest BCUT2D eigenvalue weighted by Crippen LogP contribution is 2.02. The summed E-state index contributed by atoms with van der Waals surface area (Å²) in [6, 6.07) is 0. The Labute approximate surface area is 123 Å². The van der Waals surface area contributed by atoms with Crippen molar-refractivity contribution in [2.45, 2.75) is 13.0 Å². The minimum atomic E-state index is -1.05. The first-order chi connectivity index (χ1) is 10.3. The van der Waals surface area contributed by atoms with Crippen LogP contribution in [0.2, 0.25) is 0 Å². The van der Waals surface area contributed by atoms with Crippen molar-refractivity contribution in [2.24, 2.45) is 14.1 Å². The highest BCUT2D eigenvalue weighted by atomic mass is 16.4. The van der Waals surface area contributed by atoms with Crippen LogP contribution in [0.4, 0.5) is 0 Å². The minimum Gasteiger partial charge on any atom is -0.481 e. The Balaban J connectivity index is 2.34. The maximum atomic E-state index is 12.3. The summed E-state index contributed by atoms with van der Waals surface area (Å²) in [7, 11) is 3.06. The molecule has 0 radical (unpaired) electrons. The molecule has 10 heteroatoms. The smallest absolute Gasteiger partial charge is 0.332 e. The van der Waals surface area contributed by atoms with Crippen LogP contribution >= 0.6 is 0 Å². The molecule has 0 aliphatic rings. The average molecular weight is 309 g/mol. The molecule has 22 heavy (non-hydrogen) atoms. The van der Waals surface area contributed by atoms with E-state index in [1.165, 1.54) is 22.5 Å². The lowest BCUT2D eigenvalue weighted by atomic mass is 10.4. The molecule has 1 amide bonds. The third-order valence-electron chi connectivity index (χ3n) is 3.16. The second-order valence-electron chi connectivity index (χ2n) is 4.75. The molecule has 0 aromatic carbocycles. The Kier molecular flexibility index (Phi) is 4.11. The highest BCUT2D eigenvalue weighted by Gasteiger charge is 2.16. The number of aryl methyl sites for hydroxylation is 2. The van der Waals surface area contributed by atoms with Crippen molar-refractivity contribution in [3.8, 4) is 0 Å². The van der Waals surface area contributed by atoms with Gasteiger partial charge in [0, 0.05) is 20.6 Å². The zero-order valence-electron chi connectivity index (χ0n) is 12.1. The van der Waals surface area contributed by atoms with Crippen molar-refractivity contribution in [1.82, 2.24) is 24.0 Å². The number of rotatable bonds is 5. The fraction of sp³-hybridized carbons (Fsp3) is 0.417. The second kappa shape index (κ2) is 5.84. The molecule has 2 rings (SSSR count). The lowest BCUT2D eigenvalue weighted by Gasteiger charge is -2.08.